The van der Waals surface area contributed by atoms with Gasteiger partial charge in [-0.2, -0.15) is 8.61 Å². The summed E-state index contributed by atoms with van der Waals surface area (Å²) in [6.07, 6.45) is 12.2. The molecule has 2 aliphatic carbocycles. The molecular formula is C62H91N9O11S2. The third kappa shape index (κ3) is 15.7. The first-order valence-electron chi connectivity index (χ1n) is 30.3. The number of amides is 6. The van der Waals surface area contributed by atoms with E-state index in [0.717, 1.165) is 80.7 Å². The van der Waals surface area contributed by atoms with E-state index in [9.17, 15) is 45.6 Å². The van der Waals surface area contributed by atoms with Gasteiger partial charge in [0.2, 0.25) is 49.6 Å². The number of nitrogens with two attached hydrogens (primary N) is 1. The summed E-state index contributed by atoms with van der Waals surface area (Å²) >= 11 is 0. The fourth-order valence-corrected chi connectivity index (χ4v) is 15.8. The Balaban J connectivity index is 0.000000251. The van der Waals surface area contributed by atoms with E-state index < -0.39 is 80.1 Å². The molecule has 2 saturated carbocycles. The van der Waals surface area contributed by atoms with Crippen molar-refractivity contribution in [3.8, 4) is 0 Å². The molecule has 22 heteroatoms. The highest BCUT2D eigenvalue weighted by Gasteiger charge is 2.58. The van der Waals surface area contributed by atoms with Crippen molar-refractivity contribution in [2.24, 2.45) is 29.4 Å². The lowest BCUT2D eigenvalue weighted by molar-refractivity contribution is -0.141. The fraction of sp³-hybridized carbons (Fsp3) is 0.613. The Hall–Kier alpha value is -5.94. The van der Waals surface area contributed by atoms with E-state index in [2.05, 4.69) is 16.0 Å². The predicted molar refractivity (Wildman–Crippen MR) is 322 cm³/mol. The van der Waals surface area contributed by atoms with Gasteiger partial charge in [0, 0.05) is 45.3 Å². The van der Waals surface area contributed by atoms with E-state index in [1.54, 1.807) is 16.7 Å². The molecule has 4 aliphatic heterocycles. The molecule has 4 heterocycles. The number of ether oxygens (including phenoxy) is 1. The highest BCUT2D eigenvalue weighted by atomic mass is 32.2. The molecule has 462 valence electrons. The van der Waals surface area contributed by atoms with Crippen LogP contribution in [-0.2, 0) is 55.4 Å². The average molecular weight is 1200 g/mol. The lowest BCUT2D eigenvalue weighted by Crippen LogP contribution is -2.59. The maximum absolute atomic E-state index is 14.6. The van der Waals surface area contributed by atoms with Crippen LogP contribution in [0.3, 0.4) is 0 Å². The first-order valence-corrected chi connectivity index (χ1v) is 34.0. The molecule has 0 bridgehead atoms. The van der Waals surface area contributed by atoms with Crippen LogP contribution >= 0.6 is 0 Å². The maximum Gasteiger partial charge on any atom is 0.410 e. The number of sulfonamides is 2. The van der Waals surface area contributed by atoms with Crippen LogP contribution in [0.15, 0.2) is 91.0 Å². The summed E-state index contributed by atoms with van der Waals surface area (Å²) < 4.78 is 59.0. The molecular weight excluding hydrogens is 1110 g/mol. The molecule has 0 radical (unpaired) electrons. The first-order chi connectivity index (χ1) is 40.0. The summed E-state index contributed by atoms with van der Waals surface area (Å²) in [7, 11) is -5.69. The van der Waals surface area contributed by atoms with E-state index in [4.69, 9.17) is 10.5 Å². The van der Waals surface area contributed by atoms with Crippen molar-refractivity contribution < 1.29 is 50.3 Å². The quantitative estimate of drug-likeness (QED) is 0.120. The lowest BCUT2D eigenvalue weighted by atomic mass is 9.83. The van der Waals surface area contributed by atoms with E-state index in [-0.39, 0.29) is 79.8 Å². The summed E-state index contributed by atoms with van der Waals surface area (Å²) in [6.45, 7) is 10.2. The molecule has 20 nitrogen and oxygen atoms in total. The molecule has 6 fully saturated rings. The van der Waals surface area contributed by atoms with Gasteiger partial charge in [0.05, 0.1) is 54.6 Å². The number of likely N-dealkylation sites (tertiary alicyclic amines) is 2. The van der Waals surface area contributed by atoms with E-state index >= 15 is 0 Å². The fourth-order valence-electron chi connectivity index (χ4n) is 13.5. The topological polar surface area (TPSA) is 258 Å². The smallest absolute Gasteiger partial charge is 0.410 e. The maximum atomic E-state index is 14.6. The molecule has 3 aromatic rings. The summed E-state index contributed by atoms with van der Waals surface area (Å²) in [5.41, 5.74) is 9.13. The predicted octanol–water partition coefficient (Wildman–Crippen LogP) is 6.11. The number of hydrogen-bond acceptors (Lipinski definition) is 12. The van der Waals surface area contributed by atoms with Gasteiger partial charge in [-0.05, 0) is 87.8 Å². The molecule has 0 aromatic heterocycles. The molecule has 6 amide bonds. The van der Waals surface area contributed by atoms with Crippen molar-refractivity contribution in [2.45, 2.75) is 173 Å². The monoisotopic (exact) mass is 1200 g/mol. The van der Waals surface area contributed by atoms with Gasteiger partial charge in [0.25, 0.3) is 0 Å². The second kappa shape index (κ2) is 29.4. The van der Waals surface area contributed by atoms with Gasteiger partial charge in [0.15, 0.2) is 0 Å². The number of likely N-dealkylation sites (N-methyl/N-ethyl adjacent to an activating group) is 1. The number of nitrogens with zero attached hydrogens (tertiary/aromatic N) is 5. The molecule has 9 rings (SSSR count). The zero-order valence-electron chi connectivity index (χ0n) is 50.3. The minimum Gasteiger partial charge on any atom is -0.445 e. The Kier molecular flexibility index (Phi) is 23.0. The molecule has 0 spiro atoms. The van der Waals surface area contributed by atoms with Gasteiger partial charge in [-0.3, -0.25) is 28.9 Å². The van der Waals surface area contributed by atoms with Gasteiger partial charge in [0.1, 0.15) is 18.7 Å². The second-order valence-electron chi connectivity index (χ2n) is 23.6. The van der Waals surface area contributed by atoms with Gasteiger partial charge < -0.3 is 36.2 Å². The highest BCUT2D eigenvalue weighted by molar-refractivity contribution is 7.88. The van der Waals surface area contributed by atoms with Crippen LogP contribution in [0.25, 0.3) is 0 Å². The highest BCUT2D eigenvalue weighted by Crippen LogP contribution is 2.41. The number of carbonyl (C=O) groups is 6. The van der Waals surface area contributed by atoms with E-state index in [1.807, 2.05) is 119 Å². The minimum absolute atomic E-state index is 0.0291. The van der Waals surface area contributed by atoms with Crippen LogP contribution in [0.5, 0.6) is 0 Å². The molecule has 3 aromatic carbocycles. The summed E-state index contributed by atoms with van der Waals surface area (Å²) in [5, 5.41) is 9.07. The molecule has 0 unspecified atom stereocenters. The molecule has 11 atom stereocenters. The average Bonchev–Trinajstić information content (AvgIpc) is 2.00. The Morgan fingerprint density at radius 3 is 1.42 bits per heavy atom. The Morgan fingerprint density at radius 1 is 0.583 bits per heavy atom. The number of benzene rings is 3. The first kappa shape index (κ1) is 65.6. The number of carbonyl (C=O) groups excluding carboxylic acids is 6. The summed E-state index contributed by atoms with van der Waals surface area (Å²) in [4.78, 5) is 86.4. The van der Waals surface area contributed by atoms with Gasteiger partial charge in [-0.25, -0.2) is 21.6 Å². The number of nitrogens with one attached hydrogen (secondary N) is 3. The normalized spacial score (nSPS) is 24.7. The van der Waals surface area contributed by atoms with Crippen LogP contribution < -0.4 is 21.7 Å². The van der Waals surface area contributed by atoms with E-state index in [1.165, 1.54) is 33.2 Å². The van der Waals surface area contributed by atoms with Crippen LogP contribution in [-0.4, -0.2) is 164 Å². The van der Waals surface area contributed by atoms with Crippen molar-refractivity contribution in [2.75, 3.05) is 45.7 Å². The Morgan fingerprint density at radius 2 is 0.988 bits per heavy atom. The van der Waals surface area contributed by atoms with Crippen LogP contribution in [0, 0.1) is 23.7 Å². The zero-order chi connectivity index (χ0) is 61.0. The largest absolute Gasteiger partial charge is 0.445 e. The van der Waals surface area contributed by atoms with Crippen molar-refractivity contribution >= 4 is 55.7 Å². The van der Waals surface area contributed by atoms with E-state index in [0.29, 0.717) is 19.4 Å². The third-order valence-electron chi connectivity index (χ3n) is 18.1. The van der Waals surface area contributed by atoms with Crippen molar-refractivity contribution in [3.63, 3.8) is 0 Å². The van der Waals surface area contributed by atoms with Crippen molar-refractivity contribution in [1.29, 1.82) is 0 Å². The molecule has 5 N–H and O–H groups in total. The zero-order valence-corrected chi connectivity index (χ0v) is 51.9. The molecule has 84 heavy (non-hydrogen) atoms. The SMILES string of the molecule is CC.C[C@@H](NC(=O)[C@H]1CN(S(C)(=O)=O)[C@@H]2CCN(C(=O)[C@@H](N)C3CCCCC3)[C@H]12)c1ccccc1.C[C@@H](NC(=O)[C@H]1CN(S(C)(=O)=O)[C@@H]2CCN(C(=O)[C@@H](NC(=O)[C@H](C)N(C)C(=O)OCc3ccccc3)C3CCCCC3)[C@H]12)c1ccccc1. The number of rotatable bonds is 17. The van der Waals surface area contributed by atoms with Crippen LogP contribution in [0.1, 0.15) is 140 Å². The Bertz CT molecular complexity index is 2930. The van der Waals surface area contributed by atoms with Crippen LogP contribution in [0.2, 0.25) is 0 Å². The lowest BCUT2D eigenvalue weighted by Gasteiger charge is -2.37. The van der Waals surface area contributed by atoms with Crippen molar-refractivity contribution in [3.05, 3.63) is 108 Å². The van der Waals surface area contributed by atoms with Crippen molar-refractivity contribution in [1.82, 2.24) is 39.3 Å². The number of hydrogen-bond donors (Lipinski definition) is 4. The van der Waals surface area contributed by atoms with Gasteiger partial charge in [-0.1, -0.05) is 143 Å². The Labute approximate surface area is 498 Å². The molecule has 4 saturated heterocycles. The summed E-state index contributed by atoms with van der Waals surface area (Å²) in [6, 6.07) is 23.3. The molecule has 6 aliphatic rings. The second-order valence-corrected chi connectivity index (χ2v) is 27.4. The van der Waals surface area contributed by atoms with Gasteiger partial charge in [-0.15, -0.1) is 0 Å². The number of fused-ring (bicyclic) bond motifs is 2. The standard InChI is InChI=1S/C36H49N5O7S.C24H36N4O4S.C2H6/c1-24(27-16-10-6-11-17-27)37-34(43)29-22-41(49(4,46)47)30-20-21-40(32(29)30)35(44)31(28-18-12-7-13-19-28)38-33(42)25(2)39(3)36(45)48-23-26-14-8-5-9-15-26;1-16(17-9-5-3-6-10-17)26-23(29)19-15-28(33(2,31)32)20-13-14-27(22(19)20)24(30)21(25)18-11-7-4-8-12-18;1-2/h5-6,8-11,14-17,24-25,28-32H,7,12-13,18-23H2,1-4H3,(H,37,43)(H,38,42);3,5-6,9-10,16,18-22H,4,7-8,11-15,25H2,1-2H3,(H,26,29);1-2H3/t24-,25+,29+,30-,31+,32-;16-,19+,20-,21+,22-;/m11./s1. The van der Waals surface area contributed by atoms with Crippen LogP contribution in [0.4, 0.5) is 4.79 Å². The minimum atomic E-state index is -3.67. The van der Waals surface area contributed by atoms with Gasteiger partial charge >= 0.3 is 6.09 Å². The third-order valence-corrected chi connectivity index (χ3v) is 20.7. The summed E-state index contributed by atoms with van der Waals surface area (Å²) in [5.74, 6) is -2.89.